The molecule has 0 amide bonds. The molecule has 0 aliphatic carbocycles. The van der Waals surface area contributed by atoms with Gasteiger partial charge in [-0.15, -0.1) is 0 Å². The normalized spacial score (nSPS) is 30.1. The van der Waals surface area contributed by atoms with E-state index in [9.17, 15) is 8.42 Å². The van der Waals surface area contributed by atoms with Gasteiger partial charge in [0, 0.05) is 0 Å². The summed E-state index contributed by atoms with van der Waals surface area (Å²) in [4.78, 5) is 4.41. The fourth-order valence-electron chi connectivity index (χ4n) is 1.39. The Morgan fingerprint density at radius 1 is 1.55 bits per heavy atom. The van der Waals surface area contributed by atoms with Crippen LogP contribution < -0.4 is 5.90 Å². The largest absolute Gasteiger partial charge is 0.304 e. The van der Waals surface area contributed by atoms with Gasteiger partial charge in [0.05, 0.1) is 18.1 Å². The second-order valence-corrected chi connectivity index (χ2v) is 5.18. The molecule has 1 atom stereocenters. The third-order valence-electron chi connectivity index (χ3n) is 1.89. The van der Waals surface area contributed by atoms with E-state index in [2.05, 4.69) is 4.84 Å². The fraction of sp³-hybridized carbons (Fsp3) is 1.00. The molecule has 0 saturated carbocycles. The van der Waals surface area contributed by atoms with E-state index in [1.807, 2.05) is 0 Å². The van der Waals surface area contributed by atoms with Crippen LogP contribution >= 0.6 is 0 Å². The van der Waals surface area contributed by atoms with Crippen molar-refractivity contribution in [3.8, 4) is 0 Å². The van der Waals surface area contributed by atoms with E-state index in [1.165, 1.54) is 0 Å². The minimum absolute atomic E-state index is 0.110. The van der Waals surface area contributed by atoms with Crippen molar-refractivity contribution in [3.05, 3.63) is 0 Å². The van der Waals surface area contributed by atoms with Gasteiger partial charge < -0.3 is 4.84 Å². The zero-order valence-corrected chi connectivity index (χ0v) is 7.14. The second kappa shape index (κ2) is 3.51. The number of nitrogens with two attached hydrogens (primary N) is 1. The van der Waals surface area contributed by atoms with Crippen LogP contribution in [0.25, 0.3) is 0 Å². The molecule has 2 N–H and O–H groups in total. The highest BCUT2D eigenvalue weighted by molar-refractivity contribution is 7.91. The summed E-state index contributed by atoms with van der Waals surface area (Å²) in [5, 5.41) is 0. The molecule has 1 heterocycles. The second-order valence-electron chi connectivity index (χ2n) is 2.96. The first kappa shape index (κ1) is 8.96. The maximum atomic E-state index is 11.0. The van der Waals surface area contributed by atoms with Crippen LogP contribution in [0, 0.1) is 5.92 Å². The lowest BCUT2D eigenvalue weighted by Crippen LogP contribution is -2.28. The molecule has 1 saturated heterocycles. The summed E-state index contributed by atoms with van der Waals surface area (Å²) in [5.74, 6) is 5.53. The van der Waals surface area contributed by atoms with Crippen molar-refractivity contribution in [2.24, 2.45) is 11.8 Å². The Morgan fingerprint density at radius 2 is 2.27 bits per heavy atom. The molecule has 1 rings (SSSR count). The summed E-state index contributed by atoms with van der Waals surface area (Å²) >= 11 is 0. The Hall–Kier alpha value is -0.130. The van der Waals surface area contributed by atoms with Crippen LogP contribution in [0.5, 0.6) is 0 Å². The van der Waals surface area contributed by atoms with E-state index in [4.69, 9.17) is 5.90 Å². The molecule has 0 aromatic heterocycles. The van der Waals surface area contributed by atoms with Gasteiger partial charge in [0.1, 0.15) is 0 Å². The van der Waals surface area contributed by atoms with Gasteiger partial charge in [-0.1, -0.05) is 0 Å². The van der Waals surface area contributed by atoms with Crippen LogP contribution in [0.2, 0.25) is 0 Å². The van der Waals surface area contributed by atoms with Crippen LogP contribution in [0.3, 0.4) is 0 Å². The van der Waals surface area contributed by atoms with Crippen molar-refractivity contribution < 1.29 is 13.3 Å². The average Bonchev–Trinajstić information content (AvgIpc) is 1.85. The lowest BCUT2D eigenvalue weighted by Gasteiger charge is -2.20. The highest BCUT2D eigenvalue weighted by Gasteiger charge is 2.24. The first-order valence-corrected chi connectivity index (χ1v) is 5.48. The van der Waals surface area contributed by atoms with E-state index < -0.39 is 9.84 Å². The Morgan fingerprint density at radius 3 is 2.82 bits per heavy atom. The van der Waals surface area contributed by atoms with E-state index >= 15 is 0 Å². The molecule has 0 radical (unpaired) electrons. The van der Waals surface area contributed by atoms with Crippen LogP contribution in [-0.2, 0) is 14.7 Å². The quantitative estimate of drug-likeness (QED) is 0.591. The summed E-state index contributed by atoms with van der Waals surface area (Å²) in [6, 6.07) is 0. The number of sulfone groups is 1. The number of hydrogen-bond acceptors (Lipinski definition) is 4. The van der Waals surface area contributed by atoms with Crippen LogP contribution in [0.4, 0.5) is 0 Å². The van der Waals surface area contributed by atoms with Crippen molar-refractivity contribution in [1.29, 1.82) is 0 Å². The van der Waals surface area contributed by atoms with E-state index in [0.717, 1.165) is 12.8 Å². The van der Waals surface area contributed by atoms with Gasteiger partial charge in [-0.05, 0) is 18.8 Å². The minimum Gasteiger partial charge on any atom is -0.304 e. The molecular weight excluding hydrogens is 166 g/mol. The predicted octanol–water partition coefficient (Wildman–Crippen LogP) is -0.298. The topological polar surface area (TPSA) is 69.4 Å². The van der Waals surface area contributed by atoms with Crippen molar-refractivity contribution >= 4 is 9.84 Å². The Bertz CT molecular complexity index is 210. The number of rotatable bonds is 2. The summed E-state index contributed by atoms with van der Waals surface area (Å²) in [5.41, 5.74) is 0. The molecule has 1 unspecified atom stereocenters. The lowest BCUT2D eigenvalue weighted by atomic mass is 10.1. The summed E-state index contributed by atoms with van der Waals surface area (Å²) in [7, 11) is -2.79. The van der Waals surface area contributed by atoms with Crippen LogP contribution in [-0.4, -0.2) is 26.5 Å². The highest BCUT2D eigenvalue weighted by Crippen LogP contribution is 2.17. The van der Waals surface area contributed by atoms with Gasteiger partial charge in [-0.25, -0.2) is 14.3 Å². The van der Waals surface area contributed by atoms with Crippen molar-refractivity contribution in [2.75, 3.05) is 18.1 Å². The minimum atomic E-state index is -2.79. The summed E-state index contributed by atoms with van der Waals surface area (Å²) in [6.07, 6.45) is 1.66. The van der Waals surface area contributed by atoms with Gasteiger partial charge in [-0.2, -0.15) is 0 Å². The number of hydrogen-bond donors (Lipinski definition) is 1. The summed E-state index contributed by atoms with van der Waals surface area (Å²) < 4.78 is 22.1. The smallest absolute Gasteiger partial charge is 0.150 e. The molecule has 1 aliphatic heterocycles. The molecule has 1 fully saturated rings. The van der Waals surface area contributed by atoms with Gasteiger partial charge >= 0.3 is 0 Å². The van der Waals surface area contributed by atoms with Gasteiger partial charge in [-0.3, -0.25) is 0 Å². The standard InChI is InChI=1S/C6H13NO3S/c7-10-4-6-2-1-3-11(8,9)5-6/h6H,1-5,7H2. The van der Waals surface area contributed by atoms with Gasteiger partial charge in [0.2, 0.25) is 0 Å². The SMILES string of the molecule is NOCC1CCCS(=O)(=O)C1. The predicted molar refractivity (Wildman–Crippen MR) is 41.5 cm³/mol. The maximum absolute atomic E-state index is 11.0. The zero-order chi connectivity index (χ0) is 8.32. The molecule has 4 nitrogen and oxygen atoms in total. The monoisotopic (exact) mass is 179 g/mol. The lowest BCUT2D eigenvalue weighted by molar-refractivity contribution is 0.103. The van der Waals surface area contributed by atoms with Crippen molar-refractivity contribution in [1.82, 2.24) is 0 Å². The molecule has 1 aliphatic rings. The van der Waals surface area contributed by atoms with Crippen molar-refractivity contribution in [3.63, 3.8) is 0 Å². The molecule has 0 spiro atoms. The first-order chi connectivity index (χ1) is 5.14. The van der Waals surface area contributed by atoms with E-state index in [1.54, 1.807) is 0 Å². The van der Waals surface area contributed by atoms with Crippen molar-refractivity contribution in [2.45, 2.75) is 12.8 Å². The highest BCUT2D eigenvalue weighted by atomic mass is 32.2. The molecule has 0 aromatic rings. The first-order valence-electron chi connectivity index (χ1n) is 3.66. The fourth-order valence-corrected chi connectivity index (χ4v) is 3.14. The molecule has 5 heteroatoms. The third-order valence-corrected chi connectivity index (χ3v) is 3.78. The molecule has 66 valence electrons. The Labute approximate surface area is 66.6 Å². The molecule has 0 aromatic carbocycles. The van der Waals surface area contributed by atoms with Gasteiger partial charge in [0.15, 0.2) is 9.84 Å². The maximum Gasteiger partial charge on any atom is 0.150 e. The Kier molecular flexibility index (Phi) is 2.86. The van der Waals surface area contributed by atoms with Gasteiger partial charge in [0.25, 0.3) is 0 Å². The molecule has 0 bridgehead atoms. The van der Waals surface area contributed by atoms with Crippen LogP contribution in [0.1, 0.15) is 12.8 Å². The summed E-state index contributed by atoms with van der Waals surface area (Å²) in [6.45, 7) is 0.360. The van der Waals surface area contributed by atoms with Crippen LogP contribution in [0.15, 0.2) is 0 Å². The van der Waals surface area contributed by atoms with E-state index in [0.29, 0.717) is 12.4 Å². The Balaban J connectivity index is 2.47. The molecule has 11 heavy (non-hydrogen) atoms. The average molecular weight is 179 g/mol. The third kappa shape index (κ3) is 2.76. The zero-order valence-electron chi connectivity index (χ0n) is 6.32. The molecular formula is C6H13NO3S. The van der Waals surface area contributed by atoms with E-state index in [-0.39, 0.29) is 11.7 Å².